The molecule has 0 atom stereocenters. The second-order valence-corrected chi connectivity index (χ2v) is 5.77. The second-order valence-electron chi connectivity index (χ2n) is 5.77. The van der Waals surface area contributed by atoms with Crippen LogP contribution >= 0.6 is 0 Å². The number of hydrogen-bond donors (Lipinski definition) is 1. The van der Waals surface area contributed by atoms with Crippen LogP contribution in [-0.2, 0) is 17.9 Å². The summed E-state index contributed by atoms with van der Waals surface area (Å²) in [6.45, 7) is 2.80. The number of benzene rings is 1. The monoisotopic (exact) mass is 328 g/mol. The van der Waals surface area contributed by atoms with E-state index in [-0.39, 0.29) is 12.5 Å². The Morgan fingerprint density at radius 3 is 2.46 bits per heavy atom. The molecule has 1 aromatic heterocycles. The molecule has 7 heteroatoms. The lowest BCUT2D eigenvalue weighted by atomic mass is 10.2. The Hall–Kier alpha value is -2.67. The number of carbonyl (C=O) groups excluding carboxylic acids is 1. The van der Waals surface area contributed by atoms with E-state index in [2.05, 4.69) is 5.32 Å². The number of nitrogens with zero attached hydrogens (tertiary/aromatic N) is 3. The highest BCUT2D eigenvalue weighted by atomic mass is 16.2. The molecule has 1 aliphatic rings. The third-order valence-electron chi connectivity index (χ3n) is 4.10. The molecular weight excluding hydrogens is 308 g/mol. The average molecular weight is 328 g/mol. The highest BCUT2D eigenvalue weighted by Crippen LogP contribution is 2.00. The van der Waals surface area contributed by atoms with E-state index in [4.69, 9.17) is 0 Å². The van der Waals surface area contributed by atoms with Gasteiger partial charge in [-0.15, -0.1) is 0 Å². The highest BCUT2D eigenvalue weighted by molar-refractivity contribution is 5.76. The van der Waals surface area contributed by atoms with E-state index < -0.39 is 11.2 Å². The van der Waals surface area contributed by atoms with Crippen molar-refractivity contribution in [3.05, 3.63) is 69.0 Å². The molecule has 2 heterocycles. The fourth-order valence-electron chi connectivity index (χ4n) is 2.75. The first-order valence-corrected chi connectivity index (χ1v) is 7.98. The Morgan fingerprint density at radius 1 is 1.04 bits per heavy atom. The normalized spacial score (nSPS) is 14.6. The quantitative estimate of drug-likeness (QED) is 0.820. The third kappa shape index (κ3) is 3.62. The molecule has 3 rings (SSSR count). The lowest BCUT2D eigenvalue weighted by molar-refractivity contribution is -0.132. The first kappa shape index (κ1) is 16.2. The number of aromatic nitrogens is 2. The maximum Gasteiger partial charge on any atom is 0.331 e. The van der Waals surface area contributed by atoms with E-state index in [1.165, 1.54) is 16.8 Å². The summed E-state index contributed by atoms with van der Waals surface area (Å²) in [5.41, 5.74) is 0.0425. The summed E-state index contributed by atoms with van der Waals surface area (Å²) in [5, 5.41) is 3.16. The van der Waals surface area contributed by atoms with Gasteiger partial charge in [0.15, 0.2) is 0 Å². The zero-order valence-electron chi connectivity index (χ0n) is 13.4. The van der Waals surface area contributed by atoms with Gasteiger partial charge in [-0.05, 0) is 5.56 Å². The van der Waals surface area contributed by atoms with Crippen molar-refractivity contribution >= 4 is 5.91 Å². The molecule has 1 amide bonds. The van der Waals surface area contributed by atoms with E-state index in [9.17, 15) is 14.4 Å². The van der Waals surface area contributed by atoms with Gasteiger partial charge in [-0.2, -0.15) is 0 Å². The maximum atomic E-state index is 12.6. The summed E-state index contributed by atoms with van der Waals surface area (Å²) in [7, 11) is 0. The zero-order chi connectivity index (χ0) is 16.9. The number of amides is 1. The molecule has 0 aliphatic carbocycles. The number of rotatable bonds is 4. The molecule has 0 unspecified atom stereocenters. The minimum absolute atomic E-state index is 0.201. The Labute approximate surface area is 139 Å². The molecular formula is C17H20N4O3. The van der Waals surface area contributed by atoms with Crippen molar-refractivity contribution in [3.8, 4) is 0 Å². The van der Waals surface area contributed by atoms with E-state index in [1.807, 2.05) is 30.3 Å². The first-order chi connectivity index (χ1) is 11.6. The minimum atomic E-state index is -0.463. The summed E-state index contributed by atoms with van der Waals surface area (Å²) in [5.74, 6) is -0.201. The van der Waals surface area contributed by atoms with Crippen LogP contribution in [-0.4, -0.2) is 46.1 Å². The third-order valence-corrected chi connectivity index (χ3v) is 4.10. The van der Waals surface area contributed by atoms with Crippen LogP contribution in [0.4, 0.5) is 0 Å². The van der Waals surface area contributed by atoms with Gasteiger partial charge in [0, 0.05) is 38.4 Å². The Bertz CT molecular complexity index is 820. The van der Waals surface area contributed by atoms with Crippen LogP contribution in [0.3, 0.4) is 0 Å². The van der Waals surface area contributed by atoms with Gasteiger partial charge in [0.25, 0.3) is 5.56 Å². The lowest BCUT2D eigenvalue weighted by Gasteiger charge is -2.27. The average Bonchev–Trinajstić information content (AvgIpc) is 2.62. The van der Waals surface area contributed by atoms with Crippen LogP contribution in [0, 0.1) is 0 Å². The van der Waals surface area contributed by atoms with Crippen LogP contribution in [0.5, 0.6) is 0 Å². The van der Waals surface area contributed by atoms with E-state index in [0.717, 1.165) is 23.2 Å². The van der Waals surface area contributed by atoms with Gasteiger partial charge in [-0.3, -0.25) is 18.7 Å². The maximum absolute atomic E-state index is 12.6. The van der Waals surface area contributed by atoms with Crippen LogP contribution in [0.1, 0.15) is 5.56 Å². The summed E-state index contributed by atoms with van der Waals surface area (Å²) in [6.07, 6.45) is 1.48. The Morgan fingerprint density at radius 2 is 1.75 bits per heavy atom. The number of hydrogen-bond acceptors (Lipinski definition) is 4. The predicted octanol–water partition coefficient (Wildman–Crippen LogP) is -0.510. The van der Waals surface area contributed by atoms with Crippen molar-refractivity contribution in [3.63, 3.8) is 0 Å². The molecule has 0 spiro atoms. The van der Waals surface area contributed by atoms with Crippen LogP contribution in [0.25, 0.3) is 0 Å². The molecule has 24 heavy (non-hydrogen) atoms. The van der Waals surface area contributed by atoms with Crippen molar-refractivity contribution < 1.29 is 4.79 Å². The SMILES string of the molecule is O=C(Cn1c(=O)ccn(Cc2ccccc2)c1=O)N1CCNCC1. The fraction of sp³-hybridized carbons (Fsp3) is 0.353. The molecule has 1 aromatic carbocycles. The van der Waals surface area contributed by atoms with Gasteiger partial charge in [0.2, 0.25) is 5.91 Å². The van der Waals surface area contributed by atoms with Crippen molar-refractivity contribution in [2.24, 2.45) is 0 Å². The lowest BCUT2D eigenvalue weighted by Crippen LogP contribution is -2.50. The largest absolute Gasteiger partial charge is 0.339 e. The van der Waals surface area contributed by atoms with Gasteiger partial charge >= 0.3 is 5.69 Å². The van der Waals surface area contributed by atoms with Crippen LogP contribution in [0.2, 0.25) is 0 Å². The predicted molar refractivity (Wildman–Crippen MR) is 90.0 cm³/mol. The van der Waals surface area contributed by atoms with Crippen LogP contribution < -0.4 is 16.6 Å². The smallest absolute Gasteiger partial charge is 0.331 e. The molecule has 0 bridgehead atoms. The topological polar surface area (TPSA) is 76.3 Å². The summed E-state index contributed by atoms with van der Waals surface area (Å²) < 4.78 is 2.45. The van der Waals surface area contributed by atoms with E-state index >= 15 is 0 Å². The number of nitrogens with one attached hydrogen (secondary N) is 1. The van der Waals surface area contributed by atoms with Crippen molar-refractivity contribution in [2.75, 3.05) is 26.2 Å². The molecule has 0 saturated carbocycles. The van der Waals surface area contributed by atoms with E-state index in [1.54, 1.807) is 4.90 Å². The first-order valence-electron chi connectivity index (χ1n) is 7.98. The Balaban J connectivity index is 1.82. The Kier molecular flexibility index (Phi) is 4.90. The summed E-state index contributed by atoms with van der Waals surface area (Å²) in [6, 6.07) is 10.8. The van der Waals surface area contributed by atoms with Gasteiger partial charge in [0.05, 0.1) is 6.54 Å². The summed E-state index contributed by atoms with van der Waals surface area (Å²) >= 11 is 0. The molecule has 1 saturated heterocycles. The molecule has 126 valence electrons. The van der Waals surface area contributed by atoms with Gasteiger partial charge in [-0.25, -0.2) is 4.79 Å². The highest BCUT2D eigenvalue weighted by Gasteiger charge is 2.18. The van der Waals surface area contributed by atoms with Gasteiger partial charge < -0.3 is 10.2 Å². The van der Waals surface area contributed by atoms with Gasteiger partial charge in [0.1, 0.15) is 6.54 Å². The molecule has 1 fully saturated rings. The molecule has 1 aliphatic heterocycles. The number of piperazine rings is 1. The van der Waals surface area contributed by atoms with Crippen molar-refractivity contribution in [2.45, 2.75) is 13.1 Å². The fourth-order valence-corrected chi connectivity index (χ4v) is 2.75. The minimum Gasteiger partial charge on any atom is -0.339 e. The summed E-state index contributed by atoms with van der Waals surface area (Å²) in [4.78, 5) is 38.6. The second kappa shape index (κ2) is 7.27. The molecule has 7 nitrogen and oxygen atoms in total. The molecule has 0 radical (unpaired) electrons. The van der Waals surface area contributed by atoms with Gasteiger partial charge in [-0.1, -0.05) is 30.3 Å². The van der Waals surface area contributed by atoms with Crippen LogP contribution in [0.15, 0.2) is 52.2 Å². The molecule has 1 N–H and O–H groups in total. The number of carbonyl (C=O) groups is 1. The van der Waals surface area contributed by atoms with Crippen molar-refractivity contribution in [1.29, 1.82) is 0 Å². The van der Waals surface area contributed by atoms with Crippen molar-refractivity contribution in [1.82, 2.24) is 19.4 Å². The standard InChI is InChI=1S/C17H20N4O3/c22-15-6-9-20(12-14-4-2-1-3-5-14)17(24)21(15)13-16(23)19-10-7-18-8-11-19/h1-6,9,18H,7-8,10-13H2. The zero-order valence-corrected chi connectivity index (χ0v) is 13.4. The van der Waals surface area contributed by atoms with E-state index in [0.29, 0.717) is 19.6 Å². The molecule has 2 aromatic rings.